The molecular formula is C11H17N3O2. The maximum Gasteiger partial charge on any atom is 0.257 e. The fraction of sp³-hybridized carbons (Fsp3) is 0.455. The standard InChI is InChI=1S/C11H17N3O2/c1-2-5-14(6-7-15)11(16)9-8-13-4-3-10(9)12/h3-4,8,15H,2,5-7H2,1H3,(H2,12,13). The van der Waals surface area contributed by atoms with Crippen molar-refractivity contribution >= 4 is 11.6 Å². The lowest BCUT2D eigenvalue weighted by Gasteiger charge is -2.21. The Hall–Kier alpha value is -1.62. The zero-order valence-corrected chi connectivity index (χ0v) is 9.39. The summed E-state index contributed by atoms with van der Waals surface area (Å²) in [4.78, 5) is 17.5. The molecule has 0 spiro atoms. The number of nitrogens with zero attached hydrogens (tertiary/aromatic N) is 2. The van der Waals surface area contributed by atoms with Crippen LogP contribution in [0.5, 0.6) is 0 Å². The van der Waals surface area contributed by atoms with Crippen molar-refractivity contribution in [1.29, 1.82) is 0 Å². The van der Waals surface area contributed by atoms with Crippen molar-refractivity contribution < 1.29 is 9.90 Å². The second-order valence-electron chi connectivity index (χ2n) is 3.48. The first kappa shape index (κ1) is 12.4. The minimum Gasteiger partial charge on any atom is -0.398 e. The van der Waals surface area contributed by atoms with Gasteiger partial charge in [0, 0.05) is 31.2 Å². The van der Waals surface area contributed by atoms with Crippen LogP contribution in [-0.4, -0.2) is 40.6 Å². The first-order valence-electron chi connectivity index (χ1n) is 5.30. The summed E-state index contributed by atoms with van der Waals surface area (Å²) in [7, 11) is 0. The van der Waals surface area contributed by atoms with Gasteiger partial charge in [0.05, 0.1) is 12.2 Å². The van der Waals surface area contributed by atoms with Crippen molar-refractivity contribution in [1.82, 2.24) is 9.88 Å². The van der Waals surface area contributed by atoms with Gasteiger partial charge in [-0.05, 0) is 12.5 Å². The molecule has 1 amide bonds. The Morgan fingerprint density at radius 1 is 1.56 bits per heavy atom. The number of nitrogen functional groups attached to an aromatic ring is 1. The molecule has 1 aromatic rings. The van der Waals surface area contributed by atoms with E-state index in [2.05, 4.69) is 4.98 Å². The molecule has 1 aromatic heterocycles. The highest BCUT2D eigenvalue weighted by molar-refractivity contribution is 5.98. The van der Waals surface area contributed by atoms with Gasteiger partial charge in [-0.1, -0.05) is 6.92 Å². The quantitative estimate of drug-likeness (QED) is 0.762. The lowest BCUT2D eigenvalue weighted by atomic mass is 10.2. The number of carbonyl (C=O) groups excluding carboxylic acids is 1. The first-order valence-corrected chi connectivity index (χ1v) is 5.30. The normalized spacial score (nSPS) is 10.1. The molecule has 0 saturated heterocycles. The number of anilines is 1. The SMILES string of the molecule is CCCN(CCO)C(=O)c1cnccc1N. The molecule has 0 atom stereocenters. The van der Waals surface area contributed by atoms with E-state index in [9.17, 15) is 4.79 Å². The third-order valence-corrected chi connectivity index (χ3v) is 2.24. The molecule has 1 heterocycles. The number of aromatic nitrogens is 1. The van der Waals surface area contributed by atoms with E-state index < -0.39 is 0 Å². The van der Waals surface area contributed by atoms with Crippen molar-refractivity contribution in [3.05, 3.63) is 24.0 Å². The molecule has 0 aliphatic heterocycles. The smallest absolute Gasteiger partial charge is 0.257 e. The molecule has 0 aliphatic carbocycles. The van der Waals surface area contributed by atoms with Crippen molar-refractivity contribution in [3.8, 4) is 0 Å². The average Bonchev–Trinajstić information content (AvgIpc) is 2.28. The molecule has 5 heteroatoms. The number of rotatable bonds is 5. The zero-order chi connectivity index (χ0) is 12.0. The Kier molecular flexibility index (Phi) is 4.72. The predicted octanol–water partition coefficient (Wildman–Crippen LogP) is 0.508. The van der Waals surface area contributed by atoms with Crippen LogP contribution in [0.2, 0.25) is 0 Å². The second-order valence-corrected chi connectivity index (χ2v) is 3.48. The van der Waals surface area contributed by atoms with Crippen LogP contribution < -0.4 is 5.73 Å². The van der Waals surface area contributed by atoms with Crippen LogP contribution in [0.3, 0.4) is 0 Å². The minimum absolute atomic E-state index is 0.0497. The van der Waals surface area contributed by atoms with Gasteiger partial charge < -0.3 is 15.7 Å². The molecule has 0 bridgehead atoms. The number of aliphatic hydroxyl groups excluding tert-OH is 1. The summed E-state index contributed by atoms with van der Waals surface area (Å²) in [5, 5.41) is 8.89. The van der Waals surface area contributed by atoms with Crippen LogP contribution in [0.25, 0.3) is 0 Å². The van der Waals surface area contributed by atoms with Gasteiger partial charge in [-0.2, -0.15) is 0 Å². The molecule has 3 N–H and O–H groups in total. The van der Waals surface area contributed by atoms with Gasteiger partial charge in [0.25, 0.3) is 5.91 Å². The molecule has 16 heavy (non-hydrogen) atoms. The van der Waals surface area contributed by atoms with Crippen LogP contribution in [0.15, 0.2) is 18.5 Å². The highest BCUT2D eigenvalue weighted by Gasteiger charge is 2.16. The number of aliphatic hydroxyl groups is 1. The van der Waals surface area contributed by atoms with Gasteiger partial charge in [0.1, 0.15) is 0 Å². The van der Waals surface area contributed by atoms with Gasteiger partial charge in [-0.15, -0.1) is 0 Å². The summed E-state index contributed by atoms with van der Waals surface area (Å²) >= 11 is 0. The van der Waals surface area contributed by atoms with E-state index in [1.165, 1.54) is 6.20 Å². The number of amides is 1. The van der Waals surface area contributed by atoms with Crippen LogP contribution in [0, 0.1) is 0 Å². The summed E-state index contributed by atoms with van der Waals surface area (Å²) in [5.74, 6) is -0.179. The number of hydrogen-bond acceptors (Lipinski definition) is 4. The lowest BCUT2D eigenvalue weighted by Crippen LogP contribution is -2.34. The monoisotopic (exact) mass is 223 g/mol. The molecule has 0 fully saturated rings. The second kappa shape index (κ2) is 6.07. The van der Waals surface area contributed by atoms with Gasteiger partial charge in [-0.25, -0.2) is 0 Å². The van der Waals surface area contributed by atoms with Gasteiger partial charge in [0.2, 0.25) is 0 Å². The van der Waals surface area contributed by atoms with Crippen LogP contribution in [0.1, 0.15) is 23.7 Å². The molecular weight excluding hydrogens is 206 g/mol. The fourth-order valence-electron chi connectivity index (χ4n) is 1.46. The van der Waals surface area contributed by atoms with Crippen LogP contribution in [-0.2, 0) is 0 Å². The Morgan fingerprint density at radius 2 is 2.31 bits per heavy atom. The van der Waals surface area contributed by atoms with Crippen LogP contribution >= 0.6 is 0 Å². The zero-order valence-electron chi connectivity index (χ0n) is 9.39. The Bertz CT molecular complexity index is 349. The van der Waals surface area contributed by atoms with Gasteiger partial charge in [-0.3, -0.25) is 9.78 Å². The first-order chi connectivity index (χ1) is 7.70. The molecule has 0 aliphatic rings. The lowest BCUT2D eigenvalue weighted by molar-refractivity contribution is 0.0722. The number of nitrogens with two attached hydrogens (primary N) is 1. The number of hydrogen-bond donors (Lipinski definition) is 2. The largest absolute Gasteiger partial charge is 0.398 e. The third-order valence-electron chi connectivity index (χ3n) is 2.24. The van der Waals surface area contributed by atoms with Crippen LogP contribution in [0.4, 0.5) is 5.69 Å². The predicted molar refractivity (Wildman–Crippen MR) is 61.9 cm³/mol. The van der Waals surface area contributed by atoms with E-state index in [4.69, 9.17) is 10.8 Å². The van der Waals surface area contributed by atoms with Gasteiger partial charge in [0.15, 0.2) is 0 Å². The summed E-state index contributed by atoms with van der Waals surface area (Å²) in [5.41, 5.74) is 6.51. The number of pyridine rings is 1. The van der Waals surface area contributed by atoms with Crippen molar-refractivity contribution in [3.63, 3.8) is 0 Å². The molecule has 88 valence electrons. The molecule has 0 unspecified atom stereocenters. The number of carbonyl (C=O) groups is 1. The maximum absolute atomic E-state index is 12.0. The average molecular weight is 223 g/mol. The van der Waals surface area contributed by atoms with E-state index in [0.29, 0.717) is 24.3 Å². The molecule has 0 saturated carbocycles. The van der Waals surface area contributed by atoms with E-state index in [1.807, 2.05) is 6.92 Å². The maximum atomic E-state index is 12.0. The van der Waals surface area contributed by atoms with E-state index in [1.54, 1.807) is 17.2 Å². The highest BCUT2D eigenvalue weighted by atomic mass is 16.3. The summed E-state index contributed by atoms with van der Waals surface area (Å²) in [6, 6.07) is 1.59. The Labute approximate surface area is 94.9 Å². The molecule has 1 rings (SSSR count). The van der Waals surface area contributed by atoms with E-state index >= 15 is 0 Å². The third kappa shape index (κ3) is 2.93. The van der Waals surface area contributed by atoms with Gasteiger partial charge >= 0.3 is 0 Å². The summed E-state index contributed by atoms with van der Waals surface area (Å²) in [6.07, 6.45) is 3.84. The Morgan fingerprint density at radius 3 is 2.88 bits per heavy atom. The van der Waals surface area contributed by atoms with Crippen molar-refractivity contribution in [2.75, 3.05) is 25.4 Å². The molecule has 0 aromatic carbocycles. The molecule has 0 radical (unpaired) electrons. The highest BCUT2D eigenvalue weighted by Crippen LogP contribution is 2.12. The van der Waals surface area contributed by atoms with E-state index in [0.717, 1.165) is 6.42 Å². The summed E-state index contributed by atoms with van der Waals surface area (Å²) in [6.45, 7) is 2.85. The van der Waals surface area contributed by atoms with Crippen molar-refractivity contribution in [2.45, 2.75) is 13.3 Å². The fourth-order valence-corrected chi connectivity index (χ4v) is 1.46. The summed E-state index contributed by atoms with van der Waals surface area (Å²) < 4.78 is 0. The minimum atomic E-state index is -0.179. The molecule has 5 nitrogen and oxygen atoms in total. The van der Waals surface area contributed by atoms with Crippen molar-refractivity contribution in [2.24, 2.45) is 0 Å². The van der Waals surface area contributed by atoms with E-state index in [-0.39, 0.29) is 12.5 Å². The Balaban J connectivity index is 2.85. The topological polar surface area (TPSA) is 79.5 Å².